The van der Waals surface area contributed by atoms with Crippen molar-refractivity contribution in [2.45, 2.75) is 39.5 Å². The monoisotopic (exact) mass is 315 g/mol. The van der Waals surface area contributed by atoms with Gasteiger partial charge < -0.3 is 14.4 Å². The van der Waals surface area contributed by atoms with Crippen LogP contribution in [0.2, 0.25) is 0 Å². The number of imidazole rings is 1. The number of benzene rings is 1. The van der Waals surface area contributed by atoms with Crippen LogP contribution in [0.1, 0.15) is 26.6 Å². The molecule has 0 fully saturated rings. The Morgan fingerprint density at radius 3 is 2.70 bits per heavy atom. The average molecular weight is 315 g/mol. The first-order valence-corrected chi connectivity index (χ1v) is 7.66. The maximum Gasteiger partial charge on any atom is 0.410 e. The zero-order valence-corrected chi connectivity index (χ0v) is 13.6. The van der Waals surface area contributed by atoms with Gasteiger partial charge in [-0.15, -0.1) is 0 Å². The minimum atomic E-state index is -0.509. The molecule has 0 saturated carbocycles. The molecule has 0 spiro atoms. The summed E-state index contributed by atoms with van der Waals surface area (Å²) in [5, 5.41) is 9.96. The molecule has 1 aliphatic heterocycles. The molecule has 0 radical (unpaired) electrons. The van der Waals surface area contributed by atoms with E-state index in [0.29, 0.717) is 30.9 Å². The summed E-state index contributed by atoms with van der Waals surface area (Å²) < 4.78 is 7.43. The van der Waals surface area contributed by atoms with E-state index in [1.54, 1.807) is 17.0 Å². The molecule has 0 unspecified atom stereocenters. The summed E-state index contributed by atoms with van der Waals surface area (Å²) in [5.74, 6) is 0.993. The normalized spacial score (nSPS) is 14.5. The summed E-state index contributed by atoms with van der Waals surface area (Å²) in [6.45, 7) is 7.21. The molecule has 1 amide bonds. The fraction of sp³-hybridized carbons (Fsp3) is 0.412. The molecule has 2 heterocycles. The van der Waals surface area contributed by atoms with Gasteiger partial charge in [-0.25, -0.2) is 9.78 Å². The van der Waals surface area contributed by atoms with Crippen molar-refractivity contribution in [3.05, 3.63) is 36.3 Å². The number of carbonyl (C=O) groups is 1. The van der Waals surface area contributed by atoms with Gasteiger partial charge in [-0.3, -0.25) is 4.90 Å². The van der Waals surface area contributed by atoms with Gasteiger partial charge in [0.05, 0.1) is 12.2 Å². The van der Waals surface area contributed by atoms with Gasteiger partial charge in [0.25, 0.3) is 0 Å². The van der Waals surface area contributed by atoms with Crippen molar-refractivity contribution < 1.29 is 14.6 Å². The molecular weight excluding hydrogens is 294 g/mol. The van der Waals surface area contributed by atoms with Gasteiger partial charge in [-0.2, -0.15) is 0 Å². The smallest absolute Gasteiger partial charge is 0.410 e. The summed E-state index contributed by atoms with van der Waals surface area (Å²) in [6, 6.07) is 7.11. The molecule has 0 bridgehead atoms. The third kappa shape index (κ3) is 3.31. The number of aromatic nitrogens is 2. The topological polar surface area (TPSA) is 67.6 Å². The third-order valence-electron chi connectivity index (χ3n) is 3.63. The quantitative estimate of drug-likeness (QED) is 0.878. The number of ether oxygens (including phenoxy) is 1. The number of amides is 1. The number of nitrogens with zero attached hydrogens (tertiary/aromatic N) is 3. The highest BCUT2D eigenvalue weighted by atomic mass is 16.6. The second kappa shape index (κ2) is 5.61. The van der Waals surface area contributed by atoms with Crippen LogP contribution in [-0.2, 0) is 17.8 Å². The molecule has 0 saturated heterocycles. The highest BCUT2D eigenvalue weighted by molar-refractivity contribution is 5.69. The van der Waals surface area contributed by atoms with E-state index in [1.165, 1.54) is 0 Å². The number of para-hydroxylation sites is 1. The van der Waals surface area contributed by atoms with Crippen molar-refractivity contribution in [3.8, 4) is 17.0 Å². The van der Waals surface area contributed by atoms with Crippen LogP contribution in [-0.4, -0.2) is 37.8 Å². The number of hydrogen-bond acceptors (Lipinski definition) is 4. The van der Waals surface area contributed by atoms with Crippen LogP contribution in [0, 0.1) is 0 Å². The highest BCUT2D eigenvalue weighted by Gasteiger charge is 2.27. The fourth-order valence-electron chi connectivity index (χ4n) is 2.55. The first-order valence-electron chi connectivity index (χ1n) is 7.66. The van der Waals surface area contributed by atoms with Crippen molar-refractivity contribution >= 4 is 6.09 Å². The van der Waals surface area contributed by atoms with E-state index in [9.17, 15) is 9.90 Å². The molecule has 6 nitrogen and oxygen atoms in total. The van der Waals surface area contributed by atoms with Crippen LogP contribution in [0.5, 0.6) is 5.75 Å². The van der Waals surface area contributed by atoms with Gasteiger partial charge in [0.15, 0.2) is 0 Å². The Balaban J connectivity index is 1.80. The van der Waals surface area contributed by atoms with Crippen molar-refractivity contribution in [2.75, 3.05) is 6.54 Å². The highest BCUT2D eigenvalue weighted by Crippen LogP contribution is 2.29. The Morgan fingerprint density at radius 1 is 1.26 bits per heavy atom. The molecule has 23 heavy (non-hydrogen) atoms. The molecule has 2 aromatic rings. The van der Waals surface area contributed by atoms with E-state index in [1.807, 2.05) is 43.7 Å². The van der Waals surface area contributed by atoms with Crippen LogP contribution >= 0.6 is 0 Å². The van der Waals surface area contributed by atoms with E-state index >= 15 is 0 Å². The van der Waals surface area contributed by atoms with Crippen molar-refractivity contribution in [2.24, 2.45) is 0 Å². The summed E-state index contributed by atoms with van der Waals surface area (Å²) >= 11 is 0. The van der Waals surface area contributed by atoms with E-state index in [0.717, 1.165) is 5.82 Å². The van der Waals surface area contributed by atoms with Gasteiger partial charge in [0.1, 0.15) is 17.2 Å². The van der Waals surface area contributed by atoms with Gasteiger partial charge >= 0.3 is 6.09 Å². The Bertz CT molecular complexity index is 731. The zero-order chi connectivity index (χ0) is 16.6. The lowest BCUT2D eigenvalue weighted by Crippen LogP contribution is -2.41. The molecule has 1 aliphatic rings. The van der Waals surface area contributed by atoms with Gasteiger partial charge in [0.2, 0.25) is 0 Å². The molecular formula is C17H21N3O3. The summed E-state index contributed by atoms with van der Waals surface area (Å²) in [6.07, 6.45) is 1.59. The molecule has 122 valence electrons. The molecule has 1 aromatic carbocycles. The van der Waals surface area contributed by atoms with Crippen molar-refractivity contribution in [3.63, 3.8) is 0 Å². The number of hydrogen-bond donors (Lipinski definition) is 1. The van der Waals surface area contributed by atoms with E-state index in [-0.39, 0.29) is 11.8 Å². The van der Waals surface area contributed by atoms with Crippen LogP contribution < -0.4 is 0 Å². The fourth-order valence-corrected chi connectivity index (χ4v) is 2.55. The Hall–Kier alpha value is -2.50. The number of fused-ring (bicyclic) bond motifs is 1. The largest absolute Gasteiger partial charge is 0.507 e. The maximum atomic E-state index is 12.2. The second-order valence-corrected chi connectivity index (χ2v) is 6.65. The average Bonchev–Trinajstić information content (AvgIpc) is 2.88. The Morgan fingerprint density at radius 2 is 2.00 bits per heavy atom. The second-order valence-electron chi connectivity index (χ2n) is 6.65. The minimum Gasteiger partial charge on any atom is -0.507 e. The summed E-state index contributed by atoms with van der Waals surface area (Å²) in [5.41, 5.74) is 0.896. The number of carbonyl (C=O) groups excluding carboxylic acids is 1. The van der Waals surface area contributed by atoms with Gasteiger partial charge in [-0.1, -0.05) is 12.1 Å². The maximum absolute atomic E-state index is 12.2. The number of rotatable bonds is 1. The molecule has 1 aromatic heterocycles. The first kappa shape index (κ1) is 15.4. The Kier molecular flexibility index (Phi) is 3.75. The van der Waals surface area contributed by atoms with Crippen molar-refractivity contribution in [1.82, 2.24) is 14.5 Å². The molecule has 1 N–H and O–H groups in total. The summed E-state index contributed by atoms with van der Waals surface area (Å²) in [4.78, 5) is 18.4. The predicted molar refractivity (Wildman–Crippen MR) is 86.0 cm³/mol. The number of aromatic hydroxyl groups is 1. The van der Waals surface area contributed by atoms with Crippen LogP contribution in [0.3, 0.4) is 0 Å². The Labute approximate surface area is 135 Å². The molecule has 0 aliphatic carbocycles. The number of phenolic OH excluding ortho intramolecular Hbond substituents is 1. The van der Waals surface area contributed by atoms with Gasteiger partial charge in [0, 0.05) is 24.8 Å². The van der Waals surface area contributed by atoms with E-state index < -0.39 is 5.60 Å². The minimum absolute atomic E-state index is 0.201. The van der Waals surface area contributed by atoms with E-state index in [2.05, 4.69) is 4.98 Å². The van der Waals surface area contributed by atoms with Gasteiger partial charge in [-0.05, 0) is 32.9 Å². The molecule has 6 heteroatoms. The SMILES string of the molecule is CC(C)(C)OC(=O)N1CCn2cc(-c3ccccc3O)nc2C1. The third-order valence-corrected chi connectivity index (χ3v) is 3.63. The lowest BCUT2D eigenvalue weighted by atomic mass is 10.1. The summed E-state index contributed by atoms with van der Waals surface area (Å²) in [7, 11) is 0. The molecule has 3 rings (SSSR count). The van der Waals surface area contributed by atoms with Crippen LogP contribution in [0.4, 0.5) is 4.79 Å². The van der Waals surface area contributed by atoms with Crippen LogP contribution in [0.15, 0.2) is 30.5 Å². The van der Waals surface area contributed by atoms with E-state index in [4.69, 9.17) is 4.74 Å². The predicted octanol–water partition coefficient (Wildman–Crippen LogP) is 3.01. The standard InChI is InChI=1S/C17H21N3O3/c1-17(2,3)23-16(22)20-9-8-19-10-13(18-15(19)11-20)12-6-4-5-7-14(12)21/h4-7,10,21H,8-9,11H2,1-3H3. The van der Waals surface area contributed by atoms with Crippen LogP contribution in [0.25, 0.3) is 11.3 Å². The lowest BCUT2D eigenvalue weighted by Gasteiger charge is -2.30. The molecule has 0 atom stereocenters. The first-order chi connectivity index (χ1) is 10.8. The number of phenols is 1. The van der Waals surface area contributed by atoms with Crippen molar-refractivity contribution in [1.29, 1.82) is 0 Å². The zero-order valence-electron chi connectivity index (χ0n) is 13.6. The lowest BCUT2D eigenvalue weighted by molar-refractivity contribution is 0.0195.